The Morgan fingerprint density at radius 2 is 1.88 bits per heavy atom. The molecule has 0 unspecified atom stereocenters. The van der Waals surface area contributed by atoms with E-state index in [1.165, 1.54) is 5.56 Å². The number of hydrogen-bond donors (Lipinski definition) is 2. The van der Waals surface area contributed by atoms with Crippen molar-refractivity contribution in [1.29, 1.82) is 0 Å². The molecule has 2 aromatic carbocycles. The maximum atomic E-state index is 9.33. The summed E-state index contributed by atoms with van der Waals surface area (Å²) in [4.78, 5) is 0. The Morgan fingerprint density at radius 3 is 2.50 bits per heavy atom. The number of methoxy groups -OCH3 is 1. The Morgan fingerprint density at radius 1 is 1.12 bits per heavy atom. The second kappa shape index (κ2) is 9.30. The maximum Gasteiger partial charge on any atom is 0.166 e. The first kappa shape index (κ1) is 18.3. The number of hydrogen-bond acceptors (Lipinski definition) is 4. The fourth-order valence-electron chi connectivity index (χ4n) is 2.46. The molecule has 0 heterocycles. The van der Waals surface area contributed by atoms with Gasteiger partial charge in [0.15, 0.2) is 11.5 Å². The normalized spacial score (nSPS) is 12.0. The first-order valence-electron chi connectivity index (χ1n) is 8.36. The highest BCUT2D eigenvalue weighted by Crippen LogP contribution is 2.32. The fourth-order valence-corrected chi connectivity index (χ4v) is 2.46. The summed E-state index contributed by atoms with van der Waals surface area (Å²) in [6, 6.07) is 14.3. The summed E-state index contributed by atoms with van der Waals surface area (Å²) in [7, 11) is 1.65. The van der Waals surface area contributed by atoms with Crippen LogP contribution in [0.3, 0.4) is 0 Å². The van der Waals surface area contributed by atoms with Crippen molar-refractivity contribution in [2.45, 2.75) is 39.5 Å². The highest BCUT2D eigenvalue weighted by molar-refractivity contribution is 5.46. The topological polar surface area (TPSA) is 50.7 Å². The van der Waals surface area contributed by atoms with E-state index >= 15 is 0 Å². The van der Waals surface area contributed by atoms with Crippen molar-refractivity contribution < 1.29 is 14.6 Å². The van der Waals surface area contributed by atoms with Gasteiger partial charge in [0.1, 0.15) is 6.61 Å². The van der Waals surface area contributed by atoms with Crippen LogP contribution in [0.5, 0.6) is 11.5 Å². The summed E-state index contributed by atoms with van der Waals surface area (Å²) in [5.74, 6) is 1.47. The molecule has 0 aromatic heterocycles. The summed E-state index contributed by atoms with van der Waals surface area (Å²) in [6.07, 6.45) is 0.875. The van der Waals surface area contributed by atoms with E-state index in [9.17, 15) is 5.11 Å². The van der Waals surface area contributed by atoms with Gasteiger partial charge in [-0.15, -0.1) is 0 Å². The van der Waals surface area contributed by atoms with E-state index in [2.05, 4.69) is 36.5 Å². The molecule has 4 heteroatoms. The van der Waals surface area contributed by atoms with Crippen LogP contribution in [0.25, 0.3) is 0 Å². The van der Waals surface area contributed by atoms with Gasteiger partial charge in [-0.05, 0) is 25.0 Å². The third-order valence-electron chi connectivity index (χ3n) is 4.08. The van der Waals surface area contributed by atoms with Crippen molar-refractivity contribution in [3.05, 3.63) is 59.2 Å². The van der Waals surface area contributed by atoms with Gasteiger partial charge in [-0.1, -0.05) is 48.9 Å². The average molecular weight is 329 g/mol. The highest BCUT2D eigenvalue weighted by Gasteiger charge is 2.12. The van der Waals surface area contributed by atoms with Crippen LogP contribution in [0.4, 0.5) is 0 Å². The predicted octanol–water partition coefficient (Wildman–Crippen LogP) is 3.44. The number of aryl methyl sites for hydroxylation is 1. The largest absolute Gasteiger partial charge is 0.493 e. The lowest BCUT2D eigenvalue weighted by atomic mass is 10.1. The van der Waals surface area contributed by atoms with Crippen LogP contribution in [-0.4, -0.2) is 24.9 Å². The first-order chi connectivity index (χ1) is 11.7. The number of nitrogens with one attached hydrogen (secondary N) is 1. The smallest absolute Gasteiger partial charge is 0.166 e. The van der Waals surface area contributed by atoms with E-state index in [1.54, 1.807) is 7.11 Å². The number of aliphatic hydroxyl groups excluding tert-OH is 1. The second-order valence-corrected chi connectivity index (χ2v) is 5.89. The maximum absolute atomic E-state index is 9.33. The number of rotatable bonds is 9. The van der Waals surface area contributed by atoms with Crippen LogP contribution in [0.2, 0.25) is 0 Å². The Hall–Kier alpha value is -2.04. The Balaban J connectivity index is 2.12. The van der Waals surface area contributed by atoms with Crippen LogP contribution in [0.15, 0.2) is 42.5 Å². The van der Waals surface area contributed by atoms with Gasteiger partial charge in [0.2, 0.25) is 0 Å². The SMILES string of the molecule is CC[C@@H](CO)NCc1cccc(OC)c1OCc1ccc(C)cc1. The van der Waals surface area contributed by atoms with Crippen molar-refractivity contribution in [3.8, 4) is 11.5 Å². The third-order valence-corrected chi connectivity index (χ3v) is 4.08. The summed E-state index contributed by atoms with van der Waals surface area (Å²) < 4.78 is 11.5. The standard InChI is InChI=1S/C20H27NO3/c1-4-18(13-22)21-12-17-6-5-7-19(23-3)20(17)24-14-16-10-8-15(2)9-11-16/h5-11,18,21-22H,4,12-14H2,1-3H3/t18-/m0/s1. The molecule has 24 heavy (non-hydrogen) atoms. The molecule has 0 fully saturated rings. The van der Waals surface area contributed by atoms with Crippen LogP contribution >= 0.6 is 0 Å². The van der Waals surface area contributed by atoms with Gasteiger partial charge >= 0.3 is 0 Å². The molecule has 130 valence electrons. The zero-order chi connectivity index (χ0) is 17.4. The average Bonchev–Trinajstić information content (AvgIpc) is 2.62. The molecule has 0 aliphatic carbocycles. The zero-order valence-electron chi connectivity index (χ0n) is 14.7. The minimum Gasteiger partial charge on any atom is -0.493 e. The first-order valence-corrected chi connectivity index (χ1v) is 8.36. The van der Waals surface area contributed by atoms with Gasteiger partial charge in [-0.3, -0.25) is 0 Å². The molecule has 0 spiro atoms. The molecule has 0 aliphatic rings. The zero-order valence-corrected chi connectivity index (χ0v) is 14.7. The van der Waals surface area contributed by atoms with Crippen LogP contribution in [-0.2, 0) is 13.2 Å². The quantitative estimate of drug-likeness (QED) is 0.740. The molecule has 1 atom stereocenters. The van der Waals surface area contributed by atoms with Gasteiger partial charge in [0.05, 0.1) is 13.7 Å². The lowest BCUT2D eigenvalue weighted by Crippen LogP contribution is -2.31. The molecule has 2 rings (SSSR count). The van der Waals surface area contributed by atoms with Crippen molar-refractivity contribution in [2.75, 3.05) is 13.7 Å². The van der Waals surface area contributed by atoms with E-state index in [4.69, 9.17) is 9.47 Å². The molecule has 2 aromatic rings. The van der Waals surface area contributed by atoms with Crippen LogP contribution < -0.4 is 14.8 Å². The molecule has 4 nitrogen and oxygen atoms in total. The molecule has 0 radical (unpaired) electrons. The van der Waals surface area contributed by atoms with E-state index in [0.29, 0.717) is 13.2 Å². The number of ether oxygens (including phenoxy) is 2. The molecular weight excluding hydrogens is 302 g/mol. The van der Waals surface area contributed by atoms with Gasteiger partial charge in [0, 0.05) is 18.2 Å². The monoisotopic (exact) mass is 329 g/mol. The number of benzene rings is 2. The lowest BCUT2D eigenvalue weighted by Gasteiger charge is -2.18. The summed E-state index contributed by atoms with van der Waals surface area (Å²) in [5.41, 5.74) is 3.37. The third kappa shape index (κ3) is 4.98. The van der Waals surface area contributed by atoms with Crippen LogP contribution in [0, 0.1) is 6.92 Å². The van der Waals surface area contributed by atoms with Crippen molar-refractivity contribution in [2.24, 2.45) is 0 Å². The Kier molecular flexibility index (Phi) is 7.09. The highest BCUT2D eigenvalue weighted by atomic mass is 16.5. The van der Waals surface area contributed by atoms with Gasteiger partial charge in [0.25, 0.3) is 0 Å². The van der Waals surface area contributed by atoms with Gasteiger partial charge in [-0.25, -0.2) is 0 Å². The van der Waals surface area contributed by atoms with E-state index in [1.807, 2.05) is 25.1 Å². The lowest BCUT2D eigenvalue weighted by molar-refractivity contribution is 0.236. The second-order valence-electron chi connectivity index (χ2n) is 5.89. The summed E-state index contributed by atoms with van der Waals surface area (Å²) in [5, 5.41) is 12.7. The van der Waals surface area contributed by atoms with Crippen molar-refractivity contribution in [3.63, 3.8) is 0 Å². The Labute approximate surface area is 144 Å². The van der Waals surface area contributed by atoms with Crippen molar-refractivity contribution >= 4 is 0 Å². The Bertz CT molecular complexity index is 621. The molecule has 0 saturated carbocycles. The van der Waals surface area contributed by atoms with E-state index < -0.39 is 0 Å². The van der Waals surface area contributed by atoms with E-state index in [-0.39, 0.29) is 12.6 Å². The summed E-state index contributed by atoms with van der Waals surface area (Å²) in [6.45, 7) is 5.36. The molecule has 2 N–H and O–H groups in total. The van der Waals surface area contributed by atoms with Gasteiger partial charge < -0.3 is 19.9 Å². The molecule has 0 bridgehead atoms. The van der Waals surface area contributed by atoms with Gasteiger partial charge in [-0.2, -0.15) is 0 Å². The molecule has 0 aliphatic heterocycles. The predicted molar refractivity (Wildman–Crippen MR) is 96.5 cm³/mol. The minimum absolute atomic E-state index is 0.0844. The van der Waals surface area contributed by atoms with E-state index in [0.717, 1.165) is 29.0 Å². The summed E-state index contributed by atoms with van der Waals surface area (Å²) >= 11 is 0. The number of aliphatic hydroxyl groups is 1. The minimum atomic E-state index is 0.0844. The van der Waals surface area contributed by atoms with Crippen molar-refractivity contribution in [1.82, 2.24) is 5.32 Å². The molecule has 0 saturated heterocycles. The number of para-hydroxylation sites is 1. The van der Waals surface area contributed by atoms with Crippen LogP contribution in [0.1, 0.15) is 30.0 Å². The molecular formula is C20H27NO3. The molecule has 0 amide bonds. The fraction of sp³-hybridized carbons (Fsp3) is 0.400.